The van der Waals surface area contributed by atoms with E-state index in [1.807, 2.05) is 13.8 Å². The fourth-order valence-electron chi connectivity index (χ4n) is 3.29. The summed E-state index contributed by atoms with van der Waals surface area (Å²) in [6, 6.07) is 1.43. The Hall–Kier alpha value is -2.41. The van der Waals surface area contributed by atoms with E-state index in [9.17, 15) is 9.18 Å². The number of hydrogen-bond donors (Lipinski definition) is 0. The Balaban J connectivity index is 1.81. The molecule has 138 valence electrons. The van der Waals surface area contributed by atoms with E-state index in [1.165, 1.54) is 12.3 Å². The zero-order valence-corrected chi connectivity index (χ0v) is 15.1. The van der Waals surface area contributed by atoms with Crippen LogP contribution in [0.25, 0.3) is 0 Å². The van der Waals surface area contributed by atoms with E-state index in [1.54, 1.807) is 11.1 Å². The Kier molecular flexibility index (Phi) is 5.88. The first-order valence-electron chi connectivity index (χ1n) is 8.89. The highest BCUT2D eigenvalue weighted by Crippen LogP contribution is 2.29. The molecule has 2 aromatic rings. The van der Waals surface area contributed by atoms with Crippen LogP contribution < -0.4 is 0 Å². The predicted molar refractivity (Wildman–Crippen MR) is 94.2 cm³/mol. The highest BCUT2D eigenvalue weighted by Gasteiger charge is 2.29. The van der Waals surface area contributed by atoms with Crippen molar-refractivity contribution in [3.8, 4) is 0 Å². The lowest BCUT2D eigenvalue weighted by atomic mass is 9.91. The van der Waals surface area contributed by atoms with Crippen LogP contribution in [0.4, 0.5) is 4.39 Å². The Morgan fingerprint density at radius 1 is 1.42 bits per heavy atom. The summed E-state index contributed by atoms with van der Waals surface area (Å²) in [4.78, 5) is 27.0. The van der Waals surface area contributed by atoms with E-state index in [2.05, 4.69) is 15.0 Å². The highest BCUT2D eigenvalue weighted by atomic mass is 19.1. The third-order valence-corrected chi connectivity index (χ3v) is 4.58. The molecule has 0 saturated carbocycles. The van der Waals surface area contributed by atoms with Gasteiger partial charge in [0, 0.05) is 43.6 Å². The van der Waals surface area contributed by atoms with Gasteiger partial charge in [-0.3, -0.25) is 9.78 Å². The summed E-state index contributed by atoms with van der Waals surface area (Å²) in [7, 11) is 0. The van der Waals surface area contributed by atoms with Crippen molar-refractivity contribution in [1.29, 1.82) is 0 Å². The van der Waals surface area contributed by atoms with Crippen molar-refractivity contribution in [3.05, 3.63) is 53.1 Å². The first-order valence-corrected chi connectivity index (χ1v) is 8.89. The van der Waals surface area contributed by atoms with Gasteiger partial charge < -0.3 is 9.64 Å². The van der Waals surface area contributed by atoms with E-state index in [4.69, 9.17) is 4.74 Å². The number of nitrogens with zero attached hydrogens (tertiary/aromatic N) is 4. The van der Waals surface area contributed by atoms with Gasteiger partial charge >= 0.3 is 0 Å². The van der Waals surface area contributed by atoms with Crippen molar-refractivity contribution in [1.82, 2.24) is 19.9 Å². The van der Waals surface area contributed by atoms with Gasteiger partial charge in [0.15, 0.2) is 5.82 Å². The van der Waals surface area contributed by atoms with Gasteiger partial charge in [-0.2, -0.15) is 0 Å². The number of carbonyl (C=O) groups excluding carboxylic acids is 1. The number of likely N-dealkylation sites (tertiary alicyclic amines) is 1. The minimum absolute atomic E-state index is 0.0639. The second kappa shape index (κ2) is 8.31. The molecule has 1 saturated heterocycles. The molecular formula is C19H23FN4O2. The van der Waals surface area contributed by atoms with E-state index in [0.717, 1.165) is 30.3 Å². The van der Waals surface area contributed by atoms with Crippen molar-refractivity contribution < 1.29 is 13.9 Å². The molecular weight excluding hydrogens is 335 g/mol. The predicted octanol–water partition coefficient (Wildman–Crippen LogP) is 2.88. The molecule has 1 fully saturated rings. The standard InChI is InChI=1S/C19H23FN4O2/c1-3-26-12-15-9-22-13(2)23-18(15)14-5-4-8-24(11-14)19(25)16-6-7-21-10-17(16)20/h6-7,9-10,14H,3-5,8,11-12H2,1-2H3. The molecule has 0 bridgehead atoms. The summed E-state index contributed by atoms with van der Waals surface area (Å²) in [6.07, 6.45) is 6.09. The van der Waals surface area contributed by atoms with E-state index in [-0.39, 0.29) is 17.4 Å². The summed E-state index contributed by atoms with van der Waals surface area (Å²) >= 11 is 0. The molecule has 1 aliphatic rings. The van der Waals surface area contributed by atoms with Crippen LogP contribution in [0.2, 0.25) is 0 Å². The summed E-state index contributed by atoms with van der Waals surface area (Å²) in [5, 5.41) is 0. The maximum atomic E-state index is 13.9. The van der Waals surface area contributed by atoms with Crippen LogP contribution in [0, 0.1) is 12.7 Å². The molecule has 2 aromatic heterocycles. The topological polar surface area (TPSA) is 68.2 Å². The zero-order valence-electron chi connectivity index (χ0n) is 15.1. The van der Waals surface area contributed by atoms with Crippen LogP contribution in [-0.2, 0) is 11.3 Å². The number of pyridine rings is 1. The van der Waals surface area contributed by atoms with Crippen LogP contribution >= 0.6 is 0 Å². The van der Waals surface area contributed by atoms with Crippen LogP contribution in [-0.4, -0.2) is 45.5 Å². The third kappa shape index (κ3) is 4.04. The van der Waals surface area contributed by atoms with Crippen molar-refractivity contribution >= 4 is 5.91 Å². The van der Waals surface area contributed by atoms with Gasteiger partial charge in [-0.1, -0.05) is 0 Å². The van der Waals surface area contributed by atoms with E-state index < -0.39 is 5.82 Å². The van der Waals surface area contributed by atoms with Gasteiger partial charge in [-0.25, -0.2) is 14.4 Å². The number of hydrogen-bond acceptors (Lipinski definition) is 5. The first-order chi connectivity index (χ1) is 12.6. The molecule has 6 nitrogen and oxygen atoms in total. The van der Waals surface area contributed by atoms with Crippen molar-refractivity contribution in [3.63, 3.8) is 0 Å². The van der Waals surface area contributed by atoms with Gasteiger partial charge in [-0.05, 0) is 32.8 Å². The maximum Gasteiger partial charge on any atom is 0.256 e. The molecule has 3 heterocycles. The molecule has 0 aliphatic carbocycles. The second-order valence-corrected chi connectivity index (χ2v) is 6.41. The van der Waals surface area contributed by atoms with Crippen molar-refractivity contribution in [2.24, 2.45) is 0 Å². The smallest absolute Gasteiger partial charge is 0.256 e. The summed E-state index contributed by atoms with van der Waals surface area (Å²) in [5.74, 6) is -0.0973. The summed E-state index contributed by atoms with van der Waals surface area (Å²) < 4.78 is 19.5. The van der Waals surface area contributed by atoms with Crippen LogP contribution in [0.15, 0.2) is 24.7 Å². The molecule has 0 N–H and O–H groups in total. The van der Waals surface area contributed by atoms with Crippen molar-refractivity contribution in [2.75, 3.05) is 19.7 Å². The Morgan fingerprint density at radius 2 is 2.27 bits per heavy atom. The lowest BCUT2D eigenvalue weighted by molar-refractivity contribution is 0.0699. The van der Waals surface area contributed by atoms with Crippen LogP contribution in [0.3, 0.4) is 0 Å². The molecule has 7 heteroatoms. The maximum absolute atomic E-state index is 13.9. The first kappa shape index (κ1) is 18.4. The quantitative estimate of drug-likeness (QED) is 0.822. The monoisotopic (exact) mass is 358 g/mol. The molecule has 1 atom stereocenters. The van der Waals surface area contributed by atoms with Gasteiger partial charge in [0.05, 0.1) is 24.1 Å². The SMILES string of the molecule is CCOCc1cnc(C)nc1C1CCCN(C(=O)c2ccncc2F)C1. The Bertz CT molecular complexity index is 784. The molecule has 3 rings (SSSR count). The molecule has 1 amide bonds. The molecule has 1 aliphatic heterocycles. The number of ether oxygens (including phenoxy) is 1. The minimum atomic E-state index is -0.588. The lowest BCUT2D eigenvalue weighted by Crippen LogP contribution is -2.40. The van der Waals surface area contributed by atoms with Crippen LogP contribution in [0.1, 0.15) is 53.1 Å². The van der Waals surface area contributed by atoms with Gasteiger partial charge in [0.1, 0.15) is 5.82 Å². The van der Waals surface area contributed by atoms with Gasteiger partial charge in [0.25, 0.3) is 5.91 Å². The van der Waals surface area contributed by atoms with Crippen LogP contribution in [0.5, 0.6) is 0 Å². The average Bonchev–Trinajstić information content (AvgIpc) is 2.67. The largest absolute Gasteiger partial charge is 0.377 e. The second-order valence-electron chi connectivity index (χ2n) is 6.41. The van der Waals surface area contributed by atoms with Gasteiger partial charge in [0.2, 0.25) is 0 Å². The number of aromatic nitrogens is 3. The molecule has 26 heavy (non-hydrogen) atoms. The Labute approximate surface area is 152 Å². The number of rotatable bonds is 5. The van der Waals surface area contributed by atoms with Gasteiger partial charge in [-0.15, -0.1) is 0 Å². The number of carbonyl (C=O) groups is 1. The number of piperidine rings is 1. The number of amides is 1. The summed E-state index contributed by atoms with van der Waals surface area (Å²) in [5.41, 5.74) is 1.94. The number of aryl methyl sites for hydroxylation is 1. The lowest BCUT2D eigenvalue weighted by Gasteiger charge is -2.33. The fraction of sp³-hybridized carbons (Fsp3) is 0.474. The van der Waals surface area contributed by atoms with E-state index in [0.29, 0.717) is 32.1 Å². The molecule has 0 radical (unpaired) electrons. The minimum Gasteiger partial charge on any atom is -0.377 e. The van der Waals surface area contributed by atoms with Crippen molar-refractivity contribution in [2.45, 2.75) is 39.2 Å². The number of halogens is 1. The molecule has 1 unspecified atom stereocenters. The third-order valence-electron chi connectivity index (χ3n) is 4.58. The Morgan fingerprint density at radius 3 is 3.04 bits per heavy atom. The molecule has 0 spiro atoms. The fourth-order valence-corrected chi connectivity index (χ4v) is 3.29. The van der Waals surface area contributed by atoms with E-state index >= 15 is 0 Å². The molecule has 0 aromatic carbocycles. The summed E-state index contributed by atoms with van der Waals surface area (Å²) in [6.45, 7) is 5.99. The average molecular weight is 358 g/mol. The highest BCUT2D eigenvalue weighted by molar-refractivity contribution is 5.94. The zero-order chi connectivity index (χ0) is 18.5. The normalized spacial score (nSPS) is 17.3.